The first-order valence-electron chi connectivity index (χ1n) is 2.99. The highest BCUT2D eigenvalue weighted by molar-refractivity contribution is 5.25. The van der Waals surface area contributed by atoms with Gasteiger partial charge in [0.2, 0.25) is 0 Å². The lowest BCUT2D eigenvalue weighted by atomic mass is 10.4. The minimum Gasteiger partial charge on any atom is -0.384 e. The number of nitrogens with two attached hydrogens (primary N) is 1. The second kappa shape index (κ2) is 2.09. The van der Waals surface area contributed by atoms with E-state index in [9.17, 15) is 0 Å². The lowest BCUT2D eigenvalue weighted by molar-refractivity contribution is 0.607. The Morgan fingerprint density at radius 3 is 2.56 bits per heavy atom. The minimum atomic E-state index is 0.410. The van der Waals surface area contributed by atoms with Gasteiger partial charge in [-0.2, -0.15) is 0 Å². The molecule has 50 valence electrons. The molecule has 0 spiro atoms. The van der Waals surface area contributed by atoms with Crippen LogP contribution in [0, 0.1) is 0 Å². The van der Waals surface area contributed by atoms with Crippen molar-refractivity contribution in [2.45, 2.75) is 19.9 Å². The lowest BCUT2D eigenvalue weighted by Crippen LogP contribution is -2.02. The molecule has 0 aliphatic carbocycles. The number of imidazole rings is 1. The van der Waals surface area contributed by atoms with E-state index >= 15 is 0 Å². The van der Waals surface area contributed by atoms with Gasteiger partial charge in [0.05, 0.1) is 12.5 Å². The Morgan fingerprint density at radius 1 is 1.67 bits per heavy atom. The molecule has 9 heavy (non-hydrogen) atoms. The molecule has 1 rings (SSSR count). The van der Waals surface area contributed by atoms with Crippen LogP contribution in [0.15, 0.2) is 12.5 Å². The van der Waals surface area contributed by atoms with Crippen LogP contribution >= 0.6 is 0 Å². The third-order valence-corrected chi connectivity index (χ3v) is 1.25. The second-order valence-corrected chi connectivity index (χ2v) is 2.32. The zero-order valence-corrected chi connectivity index (χ0v) is 5.70. The Kier molecular flexibility index (Phi) is 1.42. The summed E-state index contributed by atoms with van der Waals surface area (Å²) in [7, 11) is 0. The molecule has 0 aliphatic rings. The highest BCUT2D eigenvalue weighted by Gasteiger charge is 1.98. The Labute approximate surface area is 54.5 Å². The molecule has 1 aromatic heterocycles. The number of hydrogen-bond acceptors (Lipinski definition) is 2. The monoisotopic (exact) mass is 125 g/mol. The number of aromatic nitrogens is 2. The highest BCUT2D eigenvalue weighted by Crippen LogP contribution is 2.08. The van der Waals surface area contributed by atoms with E-state index in [0.717, 1.165) is 5.82 Å². The van der Waals surface area contributed by atoms with E-state index in [2.05, 4.69) is 18.8 Å². The zero-order valence-electron chi connectivity index (χ0n) is 5.70. The summed E-state index contributed by atoms with van der Waals surface area (Å²) in [6, 6.07) is 0.410. The van der Waals surface area contributed by atoms with Crippen molar-refractivity contribution in [1.29, 1.82) is 0 Å². The second-order valence-electron chi connectivity index (χ2n) is 2.32. The first-order chi connectivity index (χ1) is 4.22. The van der Waals surface area contributed by atoms with Crippen molar-refractivity contribution in [3.8, 4) is 0 Å². The first kappa shape index (κ1) is 6.13. The minimum absolute atomic E-state index is 0.410. The number of anilines is 1. The fourth-order valence-electron chi connectivity index (χ4n) is 0.746. The molecule has 0 radical (unpaired) electrons. The summed E-state index contributed by atoms with van der Waals surface area (Å²) in [6.45, 7) is 4.14. The average Bonchev–Trinajstić information content (AvgIpc) is 2.13. The maximum atomic E-state index is 5.54. The summed E-state index contributed by atoms with van der Waals surface area (Å²) in [5.41, 5.74) is 5.54. The fraction of sp³-hybridized carbons (Fsp3) is 0.500. The summed E-state index contributed by atoms with van der Waals surface area (Å²) in [5.74, 6) is 0.727. The summed E-state index contributed by atoms with van der Waals surface area (Å²) in [4.78, 5) is 3.88. The number of nitrogens with zero attached hydrogens (tertiary/aromatic N) is 2. The smallest absolute Gasteiger partial charge is 0.123 e. The third-order valence-electron chi connectivity index (χ3n) is 1.25. The van der Waals surface area contributed by atoms with Crippen LogP contribution in [0.5, 0.6) is 0 Å². The van der Waals surface area contributed by atoms with Crippen molar-refractivity contribution >= 4 is 5.82 Å². The summed E-state index contributed by atoms with van der Waals surface area (Å²) >= 11 is 0. The van der Waals surface area contributed by atoms with Gasteiger partial charge in [0.1, 0.15) is 5.82 Å². The largest absolute Gasteiger partial charge is 0.384 e. The Bertz CT molecular complexity index is 190. The van der Waals surface area contributed by atoms with Crippen LogP contribution in [0.3, 0.4) is 0 Å². The molecule has 0 bridgehead atoms. The quantitative estimate of drug-likeness (QED) is 0.609. The van der Waals surface area contributed by atoms with Crippen LogP contribution in [-0.4, -0.2) is 9.55 Å². The molecule has 1 heterocycles. The summed E-state index contributed by atoms with van der Waals surface area (Å²) < 4.78 is 1.92. The molecule has 0 unspecified atom stereocenters. The van der Waals surface area contributed by atoms with Crippen LogP contribution in [0.1, 0.15) is 19.9 Å². The van der Waals surface area contributed by atoms with Gasteiger partial charge in [-0.05, 0) is 13.8 Å². The van der Waals surface area contributed by atoms with Gasteiger partial charge in [0, 0.05) is 6.04 Å². The molecule has 0 atom stereocenters. The Hall–Kier alpha value is -0.990. The molecular formula is C6H11N3. The van der Waals surface area contributed by atoms with Crippen molar-refractivity contribution in [2.24, 2.45) is 0 Å². The van der Waals surface area contributed by atoms with Crippen molar-refractivity contribution in [3.05, 3.63) is 12.5 Å². The van der Waals surface area contributed by atoms with E-state index in [1.165, 1.54) is 0 Å². The number of hydrogen-bond donors (Lipinski definition) is 1. The highest BCUT2D eigenvalue weighted by atomic mass is 15.1. The molecule has 0 aromatic carbocycles. The molecule has 0 saturated heterocycles. The lowest BCUT2D eigenvalue weighted by Gasteiger charge is -2.06. The maximum absolute atomic E-state index is 5.54. The molecule has 3 heteroatoms. The van der Waals surface area contributed by atoms with Gasteiger partial charge in [-0.15, -0.1) is 0 Å². The van der Waals surface area contributed by atoms with Gasteiger partial charge in [0.15, 0.2) is 0 Å². The average molecular weight is 125 g/mol. The Morgan fingerprint density at radius 2 is 2.33 bits per heavy atom. The summed E-state index contributed by atoms with van der Waals surface area (Å²) in [5, 5.41) is 0. The van der Waals surface area contributed by atoms with Gasteiger partial charge in [-0.1, -0.05) is 0 Å². The molecule has 0 amide bonds. The standard InChI is InChI=1S/C6H11N3/c1-5(2)9-4-8-3-6(9)7/h3-5H,7H2,1-2H3. The molecule has 0 saturated carbocycles. The topological polar surface area (TPSA) is 43.8 Å². The van der Waals surface area contributed by atoms with Crippen LogP contribution in [0.4, 0.5) is 5.82 Å². The predicted octanol–water partition coefficient (Wildman–Crippen LogP) is 1.05. The molecule has 2 N–H and O–H groups in total. The van der Waals surface area contributed by atoms with E-state index in [1.807, 2.05) is 4.57 Å². The van der Waals surface area contributed by atoms with E-state index in [-0.39, 0.29) is 0 Å². The molecule has 0 aliphatic heterocycles. The van der Waals surface area contributed by atoms with E-state index in [1.54, 1.807) is 12.5 Å². The maximum Gasteiger partial charge on any atom is 0.123 e. The zero-order chi connectivity index (χ0) is 6.85. The number of rotatable bonds is 1. The van der Waals surface area contributed by atoms with Crippen LogP contribution in [0.25, 0.3) is 0 Å². The van der Waals surface area contributed by atoms with E-state index < -0.39 is 0 Å². The van der Waals surface area contributed by atoms with E-state index in [0.29, 0.717) is 6.04 Å². The van der Waals surface area contributed by atoms with Gasteiger partial charge in [-0.3, -0.25) is 0 Å². The van der Waals surface area contributed by atoms with Gasteiger partial charge < -0.3 is 10.3 Å². The van der Waals surface area contributed by atoms with Gasteiger partial charge in [-0.25, -0.2) is 4.98 Å². The molecule has 0 fully saturated rings. The predicted molar refractivity (Wildman–Crippen MR) is 37.0 cm³/mol. The van der Waals surface area contributed by atoms with Crippen LogP contribution < -0.4 is 5.73 Å². The fourth-order valence-corrected chi connectivity index (χ4v) is 0.746. The molecule has 1 aromatic rings. The van der Waals surface area contributed by atoms with Crippen molar-refractivity contribution < 1.29 is 0 Å². The van der Waals surface area contributed by atoms with Crippen molar-refractivity contribution in [2.75, 3.05) is 5.73 Å². The molecular weight excluding hydrogens is 114 g/mol. The molecule has 3 nitrogen and oxygen atoms in total. The Balaban J connectivity index is 2.94. The van der Waals surface area contributed by atoms with Crippen LogP contribution in [0.2, 0.25) is 0 Å². The van der Waals surface area contributed by atoms with Crippen LogP contribution in [-0.2, 0) is 0 Å². The SMILES string of the molecule is CC(C)n1cncc1N. The summed E-state index contributed by atoms with van der Waals surface area (Å²) in [6.07, 6.45) is 3.39. The number of nitrogen functional groups attached to an aromatic ring is 1. The first-order valence-corrected chi connectivity index (χ1v) is 2.99. The van der Waals surface area contributed by atoms with Crippen molar-refractivity contribution in [1.82, 2.24) is 9.55 Å². The van der Waals surface area contributed by atoms with Gasteiger partial charge >= 0.3 is 0 Å². The van der Waals surface area contributed by atoms with Crippen molar-refractivity contribution in [3.63, 3.8) is 0 Å². The van der Waals surface area contributed by atoms with E-state index in [4.69, 9.17) is 5.73 Å². The van der Waals surface area contributed by atoms with Gasteiger partial charge in [0.25, 0.3) is 0 Å². The third kappa shape index (κ3) is 1.04. The normalized spacial score (nSPS) is 10.6.